The van der Waals surface area contributed by atoms with Crippen molar-refractivity contribution in [1.82, 2.24) is 14.8 Å². The second-order valence-electron chi connectivity index (χ2n) is 2.78. The predicted octanol–water partition coefficient (Wildman–Crippen LogP) is 0.789. The highest BCUT2D eigenvalue weighted by molar-refractivity contribution is 5.02. The lowest BCUT2D eigenvalue weighted by Gasteiger charge is -1.88. The zero-order valence-corrected chi connectivity index (χ0v) is 6.20. The summed E-state index contributed by atoms with van der Waals surface area (Å²) < 4.78 is 1.70. The van der Waals surface area contributed by atoms with Crippen LogP contribution >= 0.6 is 0 Å². The molecule has 1 heterocycles. The molecule has 11 heavy (non-hydrogen) atoms. The van der Waals surface area contributed by atoms with Gasteiger partial charge >= 0.3 is 0 Å². The van der Waals surface area contributed by atoms with Gasteiger partial charge in [0.1, 0.15) is 12.9 Å². The number of hydrogen-bond acceptors (Lipinski definition) is 2. The van der Waals surface area contributed by atoms with Crippen LogP contribution in [0.15, 0.2) is 6.33 Å². The fourth-order valence-corrected chi connectivity index (χ4v) is 1.01. The molecule has 2 rings (SSSR count). The van der Waals surface area contributed by atoms with Gasteiger partial charge in [0.05, 0.1) is 0 Å². The van der Waals surface area contributed by atoms with Crippen molar-refractivity contribution in [2.45, 2.75) is 25.3 Å². The summed E-state index contributed by atoms with van der Waals surface area (Å²) in [5, 5.41) is 4.23. The van der Waals surface area contributed by atoms with Gasteiger partial charge in [-0.3, -0.25) is 0 Å². The molecule has 1 saturated carbocycles. The summed E-state index contributed by atoms with van der Waals surface area (Å²) in [6, 6.07) is 0. The Hall–Kier alpha value is -1.30. The first-order chi connectivity index (χ1) is 5.40. The highest BCUT2D eigenvalue weighted by Crippen LogP contribution is 2.37. The van der Waals surface area contributed by atoms with Crippen molar-refractivity contribution in [3.63, 3.8) is 0 Å². The van der Waals surface area contributed by atoms with Crippen molar-refractivity contribution in [1.29, 1.82) is 0 Å². The van der Waals surface area contributed by atoms with E-state index in [4.69, 9.17) is 6.42 Å². The molecule has 0 aliphatic heterocycles. The van der Waals surface area contributed by atoms with E-state index in [1.165, 1.54) is 12.8 Å². The third-order valence-corrected chi connectivity index (χ3v) is 1.75. The first-order valence-electron chi connectivity index (χ1n) is 3.73. The van der Waals surface area contributed by atoms with Crippen LogP contribution in [0.5, 0.6) is 0 Å². The smallest absolute Gasteiger partial charge is 0.153 e. The van der Waals surface area contributed by atoms with Crippen LogP contribution in [0.1, 0.15) is 24.6 Å². The SMILES string of the molecule is C#CCn1cnc(C2CC2)n1. The summed E-state index contributed by atoms with van der Waals surface area (Å²) in [6.07, 6.45) is 9.30. The van der Waals surface area contributed by atoms with Crippen molar-refractivity contribution in [3.05, 3.63) is 12.2 Å². The first-order valence-corrected chi connectivity index (χ1v) is 3.73. The molecule has 0 amide bonds. The van der Waals surface area contributed by atoms with Crippen molar-refractivity contribution < 1.29 is 0 Å². The molecule has 0 atom stereocenters. The van der Waals surface area contributed by atoms with Crippen molar-refractivity contribution in [3.8, 4) is 12.3 Å². The van der Waals surface area contributed by atoms with E-state index in [1.807, 2.05) is 0 Å². The molecule has 1 aliphatic rings. The molecule has 0 unspecified atom stereocenters. The molecule has 1 aromatic heterocycles. The van der Waals surface area contributed by atoms with Crippen LogP contribution in [0.3, 0.4) is 0 Å². The van der Waals surface area contributed by atoms with E-state index >= 15 is 0 Å². The maximum Gasteiger partial charge on any atom is 0.153 e. The largest absolute Gasteiger partial charge is 0.241 e. The average Bonchev–Trinajstić information content (AvgIpc) is 2.75. The Balaban J connectivity index is 2.13. The van der Waals surface area contributed by atoms with E-state index in [2.05, 4.69) is 16.0 Å². The average molecular weight is 147 g/mol. The fourth-order valence-electron chi connectivity index (χ4n) is 1.01. The normalized spacial score (nSPS) is 16.3. The maximum absolute atomic E-state index is 5.12. The van der Waals surface area contributed by atoms with Crippen LogP contribution in [0.4, 0.5) is 0 Å². The number of hydrogen-bond donors (Lipinski definition) is 0. The van der Waals surface area contributed by atoms with Gasteiger partial charge in [0, 0.05) is 5.92 Å². The molecule has 0 radical (unpaired) electrons. The zero-order chi connectivity index (χ0) is 7.68. The second-order valence-corrected chi connectivity index (χ2v) is 2.78. The molecule has 0 spiro atoms. The molecule has 3 heteroatoms. The van der Waals surface area contributed by atoms with E-state index in [0.29, 0.717) is 12.5 Å². The maximum atomic E-state index is 5.12. The lowest BCUT2D eigenvalue weighted by Crippen LogP contribution is -1.96. The topological polar surface area (TPSA) is 30.7 Å². The molecule has 1 fully saturated rings. The van der Waals surface area contributed by atoms with Crippen LogP contribution in [-0.4, -0.2) is 14.8 Å². The zero-order valence-electron chi connectivity index (χ0n) is 6.20. The minimum atomic E-state index is 0.528. The second kappa shape index (κ2) is 2.39. The molecule has 3 nitrogen and oxygen atoms in total. The Labute approximate surface area is 65.4 Å². The van der Waals surface area contributed by atoms with Crippen LogP contribution in [0.25, 0.3) is 0 Å². The minimum Gasteiger partial charge on any atom is -0.241 e. The van der Waals surface area contributed by atoms with E-state index in [9.17, 15) is 0 Å². The number of terminal acetylenes is 1. The molecule has 1 aliphatic carbocycles. The van der Waals surface area contributed by atoms with Crippen LogP contribution < -0.4 is 0 Å². The standard InChI is InChI=1S/C8H9N3/c1-2-5-11-6-9-8(10-11)7-3-4-7/h1,6-7H,3-5H2. The number of nitrogens with zero attached hydrogens (tertiary/aromatic N) is 3. The van der Waals surface area contributed by atoms with E-state index in [-0.39, 0.29) is 0 Å². The van der Waals surface area contributed by atoms with Gasteiger partial charge in [-0.2, -0.15) is 5.10 Å². The first kappa shape index (κ1) is 6.41. The van der Waals surface area contributed by atoms with E-state index < -0.39 is 0 Å². The third-order valence-electron chi connectivity index (χ3n) is 1.75. The summed E-state index contributed by atoms with van der Waals surface area (Å²) in [6.45, 7) is 0.528. The van der Waals surface area contributed by atoms with Crippen molar-refractivity contribution >= 4 is 0 Å². The van der Waals surface area contributed by atoms with Gasteiger partial charge in [-0.25, -0.2) is 9.67 Å². The van der Waals surface area contributed by atoms with Gasteiger partial charge in [0.25, 0.3) is 0 Å². The summed E-state index contributed by atoms with van der Waals surface area (Å²) >= 11 is 0. The Morgan fingerprint density at radius 2 is 2.55 bits per heavy atom. The van der Waals surface area contributed by atoms with Crippen molar-refractivity contribution in [2.75, 3.05) is 0 Å². The molecule has 56 valence electrons. The summed E-state index contributed by atoms with van der Waals surface area (Å²) in [5.74, 6) is 4.10. The van der Waals surface area contributed by atoms with Crippen LogP contribution in [0.2, 0.25) is 0 Å². The van der Waals surface area contributed by atoms with Gasteiger partial charge in [-0.1, -0.05) is 5.92 Å². The third kappa shape index (κ3) is 1.25. The van der Waals surface area contributed by atoms with E-state index in [0.717, 1.165) is 5.82 Å². The minimum absolute atomic E-state index is 0.528. The van der Waals surface area contributed by atoms with Gasteiger partial charge in [0.2, 0.25) is 0 Å². The number of aromatic nitrogens is 3. The van der Waals surface area contributed by atoms with Gasteiger partial charge in [0.15, 0.2) is 5.82 Å². The predicted molar refractivity (Wildman–Crippen MR) is 40.8 cm³/mol. The molecule has 0 N–H and O–H groups in total. The molecule has 0 saturated heterocycles. The van der Waals surface area contributed by atoms with E-state index in [1.54, 1.807) is 11.0 Å². The molecule has 0 aromatic carbocycles. The highest BCUT2D eigenvalue weighted by atomic mass is 15.3. The van der Waals surface area contributed by atoms with Gasteiger partial charge in [-0.05, 0) is 12.8 Å². The molecular weight excluding hydrogens is 138 g/mol. The van der Waals surface area contributed by atoms with Crippen molar-refractivity contribution in [2.24, 2.45) is 0 Å². The Kier molecular flexibility index (Phi) is 1.39. The Bertz CT molecular complexity index is 291. The Morgan fingerprint density at radius 3 is 3.18 bits per heavy atom. The summed E-state index contributed by atoms with van der Waals surface area (Å²) in [7, 11) is 0. The highest BCUT2D eigenvalue weighted by Gasteiger charge is 2.27. The summed E-state index contributed by atoms with van der Waals surface area (Å²) in [4.78, 5) is 4.15. The lowest BCUT2D eigenvalue weighted by molar-refractivity contribution is 0.698. The van der Waals surface area contributed by atoms with Gasteiger partial charge < -0.3 is 0 Å². The Morgan fingerprint density at radius 1 is 1.73 bits per heavy atom. The quantitative estimate of drug-likeness (QED) is 0.579. The molecular formula is C8H9N3. The fraction of sp³-hybridized carbons (Fsp3) is 0.500. The summed E-state index contributed by atoms with van der Waals surface area (Å²) in [5.41, 5.74) is 0. The van der Waals surface area contributed by atoms with Crippen LogP contribution in [0, 0.1) is 12.3 Å². The number of rotatable bonds is 2. The lowest BCUT2D eigenvalue weighted by atomic mass is 10.4. The molecule has 1 aromatic rings. The van der Waals surface area contributed by atoms with Crippen LogP contribution in [-0.2, 0) is 6.54 Å². The van der Waals surface area contributed by atoms with Gasteiger partial charge in [-0.15, -0.1) is 6.42 Å². The monoisotopic (exact) mass is 147 g/mol. The molecule has 0 bridgehead atoms.